The van der Waals surface area contributed by atoms with Gasteiger partial charge in [-0.15, -0.1) is 0 Å². The van der Waals surface area contributed by atoms with Gasteiger partial charge in [-0.05, 0) is 69.4 Å². The molecule has 2 aromatic carbocycles. The Morgan fingerprint density at radius 2 is 1.97 bits per heavy atom. The van der Waals surface area contributed by atoms with Gasteiger partial charge in [0.15, 0.2) is 11.5 Å². The predicted molar refractivity (Wildman–Crippen MR) is 127 cm³/mol. The quantitative estimate of drug-likeness (QED) is 0.532. The fourth-order valence-corrected chi connectivity index (χ4v) is 5.74. The minimum absolute atomic E-state index is 0.0390. The Labute approximate surface area is 189 Å². The summed E-state index contributed by atoms with van der Waals surface area (Å²) in [4.78, 5) is 0. The molecule has 5 heteroatoms. The molecule has 2 unspecified atom stereocenters. The van der Waals surface area contributed by atoms with Crippen LogP contribution in [0.5, 0.6) is 17.2 Å². The van der Waals surface area contributed by atoms with E-state index in [1.54, 1.807) is 19.2 Å². The molecule has 3 aliphatic rings. The molecule has 0 saturated carbocycles. The van der Waals surface area contributed by atoms with E-state index in [1.807, 2.05) is 0 Å². The number of phenols is 1. The van der Waals surface area contributed by atoms with Crippen LogP contribution in [0.15, 0.2) is 42.5 Å². The molecule has 1 aliphatic carbocycles. The summed E-state index contributed by atoms with van der Waals surface area (Å²) in [5, 5.41) is 24.8. The van der Waals surface area contributed by atoms with Crippen molar-refractivity contribution in [3.8, 4) is 28.4 Å². The number of nitrogens with one attached hydrogen (secondary N) is 1. The van der Waals surface area contributed by atoms with Gasteiger partial charge in [0.05, 0.1) is 24.8 Å². The SMILES string of the molecule is COc1c(O)ccc2c1-c1ccc3c(c1C(C1(CO)CC=CCC1)O2)C(C)=CC(C)(C)N3. The molecule has 2 atom stereocenters. The first kappa shape index (κ1) is 21.0. The first-order valence-corrected chi connectivity index (χ1v) is 11.3. The average molecular weight is 434 g/mol. The number of hydrogen-bond donors (Lipinski definition) is 3. The molecule has 5 nitrogen and oxygen atoms in total. The molecule has 2 heterocycles. The largest absolute Gasteiger partial charge is 0.504 e. The van der Waals surface area contributed by atoms with Crippen molar-refractivity contribution in [3.05, 3.63) is 53.6 Å². The summed E-state index contributed by atoms with van der Waals surface area (Å²) >= 11 is 0. The smallest absolute Gasteiger partial charge is 0.172 e. The molecule has 2 aromatic rings. The highest BCUT2D eigenvalue weighted by atomic mass is 16.5. The lowest BCUT2D eigenvalue weighted by molar-refractivity contribution is -0.0121. The van der Waals surface area contributed by atoms with Gasteiger partial charge in [0, 0.05) is 22.2 Å². The molecule has 0 bridgehead atoms. The Bertz CT molecular complexity index is 1150. The molecule has 168 valence electrons. The van der Waals surface area contributed by atoms with Crippen molar-refractivity contribution in [1.29, 1.82) is 0 Å². The topological polar surface area (TPSA) is 71.0 Å². The zero-order valence-corrected chi connectivity index (χ0v) is 19.2. The zero-order valence-electron chi connectivity index (χ0n) is 19.2. The van der Waals surface area contributed by atoms with Gasteiger partial charge in [-0.3, -0.25) is 0 Å². The van der Waals surface area contributed by atoms with Crippen LogP contribution in [0.3, 0.4) is 0 Å². The average Bonchev–Trinajstić information content (AvgIpc) is 2.77. The van der Waals surface area contributed by atoms with E-state index < -0.39 is 5.41 Å². The van der Waals surface area contributed by atoms with Gasteiger partial charge in [0.1, 0.15) is 11.9 Å². The third kappa shape index (κ3) is 3.02. The fourth-order valence-electron chi connectivity index (χ4n) is 5.74. The highest BCUT2D eigenvalue weighted by Crippen LogP contribution is 2.59. The van der Waals surface area contributed by atoms with Gasteiger partial charge in [-0.25, -0.2) is 0 Å². The molecule has 0 radical (unpaired) electrons. The van der Waals surface area contributed by atoms with Crippen LogP contribution in [-0.4, -0.2) is 29.5 Å². The lowest BCUT2D eigenvalue weighted by atomic mass is 9.67. The molecule has 0 fully saturated rings. The molecule has 2 aliphatic heterocycles. The normalized spacial score (nSPS) is 24.9. The number of rotatable bonds is 3. The predicted octanol–water partition coefficient (Wildman–Crippen LogP) is 5.83. The summed E-state index contributed by atoms with van der Waals surface area (Å²) in [6.07, 6.45) is 8.78. The van der Waals surface area contributed by atoms with E-state index in [0.717, 1.165) is 47.2 Å². The van der Waals surface area contributed by atoms with Crippen molar-refractivity contribution in [3.63, 3.8) is 0 Å². The fraction of sp³-hybridized carbons (Fsp3) is 0.407. The number of allylic oxidation sites excluding steroid dienone is 3. The van der Waals surface area contributed by atoms with Crippen molar-refractivity contribution >= 4 is 11.3 Å². The van der Waals surface area contributed by atoms with E-state index >= 15 is 0 Å². The number of benzene rings is 2. The Balaban J connectivity index is 1.83. The van der Waals surface area contributed by atoms with Crippen LogP contribution in [0.2, 0.25) is 0 Å². The Kier molecular flexibility index (Phi) is 4.79. The second-order valence-corrected chi connectivity index (χ2v) is 9.85. The van der Waals surface area contributed by atoms with E-state index in [0.29, 0.717) is 11.5 Å². The summed E-state index contributed by atoms with van der Waals surface area (Å²) in [6.45, 7) is 6.49. The highest BCUT2D eigenvalue weighted by molar-refractivity contribution is 5.92. The number of ether oxygens (including phenoxy) is 2. The zero-order chi connectivity index (χ0) is 22.7. The summed E-state index contributed by atoms with van der Waals surface area (Å²) in [5.41, 5.74) is 5.57. The van der Waals surface area contributed by atoms with E-state index in [2.05, 4.69) is 56.4 Å². The monoisotopic (exact) mass is 433 g/mol. The van der Waals surface area contributed by atoms with Crippen molar-refractivity contribution in [2.75, 3.05) is 19.0 Å². The van der Waals surface area contributed by atoms with Crippen LogP contribution >= 0.6 is 0 Å². The molecule has 0 aromatic heterocycles. The number of fused-ring (bicyclic) bond motifs is 5. The summed E-state index contributed by atoms with van der Waals surface area (Å²) in [6, 6.07) is 7.61. The maximum atomic E-state index is 10.7. The molecule has 3 N–H and O–H groups in total. The third-order valence-electron chi connectivity index (χ3n) is 7.12. The number of aliphatic hydroxyl groups excluding tert-OH is 1. The number of phenolic OH excluding ortho intramolecular Hbond substituents is 1. The molecular formula is C27H31NO4. The first-order valence-electron chi connectivity index (χ1n) is 11.3. The standard InChI is InChI=1S/C27H31NO4/c1-16-14-26(2,3)28-18-9-8-17-22-20(11-10-19(30)24(22)31-4)32-25(23(17)21(16)18)27(15-29)12-6-5-7-13-27/h5-6,8-11,14,25,28-30H,7,12-13,15H2,1-4H3. The molecule has 0 saturated heterocycles. The lowest BCUT2D eigenvalue weighted by Crippen LogP contribution is -2.40. The number of anilines is 1. The highest BCUT2D eigenvalue weighted by Gasteiger charge is 2.47. The van der Waals surface area contributed by atoms with Gasteiger partial charge in [0.2, 0.25) is 0 Å². The molecule has 5 rings (SSSR count). The summed E-state index contributed by atoms with van der Waals surface area (Å²) < 4.78 is 12.3. The third-order valence-corrected chi connectivity index (χ3v) is 7.12. The number of methoxy groups -OCH3 is 1. The van der Waals surface area contributed by atoms with Crippen LogP contribution in [0.4, 0.5) is 5.69 Å². The van der Waals surface area contributed by atoms with E-state index in [-0.39, 0.29) is 24.0 Å². The molecule has 0 spiro atoms. The van der Waals surface area contributed by atoms with Crippen LogP contribution < -0.4 is 14.8 Å². The maximum Gasteiger partial charge on any atom is 0.172 e. The second kappa shape index (κ2) is 7.31. The lowest BCUT2D eigenvalue weighted by Gasteiger charge is -2.45. The minimum Gasteiger partial charge on any atom is -0.504 e. The van der Waals surface area contributed by atoms with E-state index in [4.69, 9.17) is 9.47 Å². The van der Waals surface area contributed by atoms with Crippen molar-refractivity contribution in [1.82, 2.24) is 0 Å². The molecule has 0 amide bonds. The van der Waals surface area contributed by atoms with Gasteiger partial charge in [-0.2, -0.15) is 0 Å². The first-order chi connectivity index (χ1) is 15.3. The Hall–Kier alpha value is -2.92. The van der Waals surface area contributed by atoms with Gasteiger partial charge < -0.3 is 25.0 Å². The minimum atomic E-state index is -0.422. The number of aliphatic hydroxyl groups is 1. The second-order valence-electron chi connectivity index (χ2n) is 9.85. The van der Waals surface area contributed by atoms with Crippen molar-refractivity contribution in [2.45, 2.75) is 51.7 Å². The van der Waals surface area contributed by atoms with E-state index in [9.17, 15) is 10.2 Å². The molecule has 32 heavy (non-hydrogen) atoms. The number of hydrogen-bond acceptors (Lipinski definition) is 5. The maximum absolute atomic E-state index is 10.7. The van der Waals surface area contributed by atoms with Gasteiger partial charge >= 0.3 is 0 Å². The van der Waals surface area contributed by atoms with Crippen LogP contribution in [0.1, 0.15) is 57.3 Å². The number of aromatic hydroxyl groups is 1. The van der Waals surface area contributed by atoms with Crippen LogP contribution in [0, 0.1) is 5.41 Å². The van der Waals surface area contributed by atoms with E-state index in [1.165, 1.54) is 5.57 Å². The van der Waals surface area contributed by atoms with Crippen molar-refractivity contribution < 1.29 is 19.7 Å². The summed E-state index contributed by atoms with van der Waals surface area (Å²) in [5.74, 6) is 1.17. The van der Waals surface area contributed by atoms with Gasteiger partial charge in [-0.1, -0.05) is 24.3 Å². The Morgan fingerprint density at radius 1 is 1.16 bits per heavy atom. The van der Waals surface area contributed by atoms with Crippen molar-refractivity contribution in [2.24, 2.45) is 5.41 Å². The molecular weight excluding hydrogens is 402 g/mol. The Morgan fingerprint density at radius 3 is 2.66 bits per heavy atom. The van der Waals surface area contributed by atoms with Crippen LogP contribution in [-0.2, 0) is 0 Å². The van der Waals surface area contributed by atoms with Crippen LogP contribution in [0.25, 0.3) is 16.7 Å². The van der Waals surface area contributed by atoms with Gasteiger partial charge in [0.25, 0.3) is 0 Å². The summed E-state index contributed by atoms with van der Waals surface area (Å²) in [7, 11) is 1.57.